The maximum Gasteiger partial charge on any atom is 0.0712 e. The van der Waals surface area contributed by atoms with Gasteiger partial charge in [0.2, 0.25) is 0 Å². The van der Waals surface area contributed by atoms with Gasteiger partial charge in [0.05, 0.1) is 11.4 Å². The molecule has 0 unspecified atom stereocenters. The maximum atomic E-state index is 4.98. The summed E-state index contributed by atoms with van der Waals surface area (Å²) in [4.78, 5) is 4.98. The molecule has 292 valence electrons. The van der Waals surface area contributed by atoms with Crippen molar-refractivity contribution in [2.75, 3.05) is 0 Å². The van der Waals surface area contributed by atoms with Crippen molar-refractivity contribution in [1.82, 2.24) is 0 Å². The number of aliphatic imine (C=N–C) groups is 1. The first-order valence-corrected chi connectivity index (χ1v) is 20.7. The summed E-state index contributed by atoms with van der Waals surface area (Å²) in [5.74, 6) is 0. The van der Waals surface area contributed by atoms with E-state index in [9.17, 15) is 0 Å². The van der Waals surface area contributed by atoms with Crippen LogP contribution in [0.2, 0.25) is 0 Å². The predicted molar refractivity (Wildman–Crippen MR) is 256 cm³/mol. The lowest BCUT2D eigenvalue weighted by Gasteiger charge is -2.31. The van der Waals surface area contributed by atoms with Crippen LogP contribution in [0.3, 0.4) is 0 Å². The molecule has 0 amide bonds. The van der Waals surface area contributed by atoms with Crippen molar-refractivity contribution in [3.05, 3.63) is 244 Å². The van der Waals surface area contributed by atoms with E-state index in [-0.39, 0.29) is 5.41 Å². The van der Waals surface area contributed by atoms with Crippen molar-refractivity contribution in [2.45, 2.75) is 60.3 Å². The number of hydrogen-bond donors (Lipinski definition) is 0. The first-order chi connectivity index (χ1) is 28.5. The Hall–Kier alpha value is -6.57. The van der Waals surface area contributed by atoms with E-state index in [1.54, 1.807) is 0 Å². The second kappa shape index (κ2) is 17.5. The molecule has 0 N–H and O–H groups in total. The number of fused-ring (bicyclic) bond motifs is 3. The summed E-state index contributed by atoms with van der Waals surface area (Å²) < 4.78 is 0. The van der Waals surface area contributed by atoms with Crippen molar-refractivity contribution in [2.24, 2.45) is 4.99 Å². The molecule has 0 saturated heterocycles. The van der Waals surface area contributed by atoms with Crippen LogP contribution in [0.15, 0.2) is 182 Å². The average molecular weight is 766 g/mol. The van der Waals surface area contributed by atoms with Gasteiger partial charge >= 0.3 is 0 Å². The molecular formula is C58H55N. The number of benzene rings is 7. The van der Waals surface area contributed by atoms with Crippen molar-refractivity contribution < 1.29 is 0 Å². The molecule has 0 saturated carbocycles. The zero-order valence-corrected chi connectivity index (χ0v) is 35.7. The Balaban J connectivity index is 0.000000185. The van der Waals surface area contributed by atoms with Gasteiger partial charge < -0.3 is 0 Å². The number of aryl methyl sites for hydroxylation is 3. The maximum absolute atomic E-state index is 4.98. The minimum atomic E-state index is -0.0795. The van der Waals surface area contributed by atoms with Gasteiger partial charge in [-0.1, -0.05) is 196 Å². The number of nitrogens with zero attached hydrogens (tertiary/aromatic N) is 1. The normalized spacial score (nSPS) is 12.3. The summed E-state index contributed by atoms with van der Waals surface area (Å²) in [6.45, 7) is 23.9. The lowest BCUT2D eigenvalue weighted by molar-refractivity contribution is 0.634. The highest BCUT2D eigenvalue weighted by Gasteiger charge is 2.28. The second-order valence-electron chi connectivity index (χ2n) is 16.3. The van der Waals surface area contributed by atoms with Crippen LogP contribution in [0, 0.1) is 27.7 Å². The average Bonchev–Trinajstić information content (AvgIpc) is 3.62. The molecule has 0 spiro atoms. The lowest BCUT2D eigenvalue weighted by Crippen LogP contribution is -2.22. The Bertz CT molecular complexity index is 2720. The van der Waals surface area contributed by atoms with Gasteiger partial charge in [0, 0.05) is 11.0 Å². The molecule has 1 nitrogen and oxygen atoms in total. The highest BCUT2D eigenvalue weighted by molar-refractivity contribution is 6.14. The molecule has 0 atom stereocenters. The third-order valence-electron chi connectivity index (χ3n) is 11.9. The SMILES string of the molecule is C=C(N=C(/C=C(\C)c1cccc2c1-c1cc(C)ccc1C2)c1ccccc1)c1ccccc1.C=Cc1c(C(C)(C)c2ccccc2C)ccc(-c2ccccc2C)c1C. The first kappa shape index (κ1) is 40.6. The second-order valence-corrected chi connectivity index (χ2v) is 16.3. The van der Waals surface area contributed by atoms with E-state index >= 15 is 0 Å². The fourth-order valence-electron chi connectivity index (χ4n) is 8.71. The van der Waals surface area contributed by atoms with E-state index in [2.05, 4.69) is 189 Å². The molecule has 0 heterocycles. The lowest BCUT2D eigenvalue weighted by atomic mass is 9.73. The van der Waals surface area contributed by atoms with Crippen molar-refractivity contribution in [3.8, 4) is 22.3 Å². The molecule has 1 aliphatic carbocycles. The third-order valence-corrected chi connectivity index (χ3v) is 11.9. The minimum Gasteiger partial charge on any atom is -0.248 e. The van der Waals surface area contributed by atoms with Gasteiger partial charge in [-0.3, -0.25) is 0 Å². The molecule has 0 aromatic heterocycles. The quantitative estimate of drug-likeness (QED) is 0.130. The summed E-state index contributed by atoms with van der Waals surface area (Å²) in [5, 5.41) is 0. The first-order valence-electron chi connectivity index (χ1n) is 20.7. The van der Waals surface area contributed by atoms with Gasteiger partial charge in [-0.25, -0.2) is 4.99 Å². The molecule has 8 rings (SSSR count). The molecule has 0 radical (unpaired) electrons. The predicted octanol–water partition coefficient (Wildman–Crippen LogP) is 15.4. The van der Waals surface area contributed by atoms with E-state index in [1.165, 1.54) is 83.5 Å². The van der Waals surface area contributed by atoms with Crippen molar-refractivity contribution >= 4 is 23.1 Å². The number of allylic oxidation sites excluding steroid dienone is 2. The Morgan fingerprint density at radius 2 is 1.24 bits per heavy atom. The Kier molecular flexibility index (Phi) is 12.1. The van der Waals surface area contributed by atoms with Crippen LogP contribution in [0.25, 0.3) is 39.6 Å². The molecule has 0 fully saturated rings. The van der Waals surface area contributed by atoms with Gasteiger partial charge in [-0.2, -0.15) is 0 Å². The van der Waals surface area contributed by atoms with E-state index in [1.807, 2.05) is 42.5 Å². The molecule has 1 heteroatoms. The molecule has 0 bridgehead atoms. The zero-order valence-electron chi connectivity index (χ0n) is 35.7. The summed E-state index contributed by atoms with van der Waals surface area (Å²) in [7, 11) is 0. The van der Waals surface area contributed by atoms with E-state index < -0.39 is 0 Å². The molecule has 59 heavy (non-hydrogen) atoms. The Morgan fingerprint density at radius 1 is 0.593 bits per heavy atom. The van der Waals surface area contributed by atoms with Crippen LogP contribution in [0.1, 0.15) is 87.5 Å². The summed E-state index contributed by atoms with van der Waals surface area (Å²) >= 11 is 0. The topological polar surface area (TPSA) is 12.4 Å². The van der Waals surface area contributed by atoms with Crippen LogP contribution in [0.5, 0.6) is 0 Å². The zero-order chi connectivity index (χ0) is 41.7. The smallest absolute Gasteiger partial charge is 0.0712 e. The molecule has 7 aromatic carbocycles. The van der Waals surface area contributed by atoms with Crippen LogP contribution >= 0.6 is 0 Å². The van der Waals surface area contributed by atoms with E-state index in [4.69, 9.17) is 4.99 Å². The Labute approximate surface area is 352 Å². The number of hydrogen-bond acceptors (Lipinski definition) is 1. The minimum absolute atomic E-state index is 0.0795. The third kappa shape index (κ3) is 8.52. The largest absolute Gasteiger partial charge is 0.248 e. The van der Waals surface area contributed by atoms with E-state index in [0.717, 1.165) is 29.0 Å². The van der Waals surface area contributed by atoms with Crippen LogP contribution in [0.4, 0.5) is 0 Å². The van der Waals surface area contributed by atoms with Gasteiger partial charge in [-0.05, 0) is 131 Å². The molecule has 1 aliphatic rings. The molecular weight excluding hydrogens is 711 g/mol. The van der Waals surface area contributed by atoms with Crippen LogP contribution in [-0.4, -0.2) is 5.71 Å². The fourth-order valence-corrected chi connectivity index (χ4v) is 8.71. The summed E-state index contributed by atoms with van der Waals surface area (Å²) in [6, 6.07) is 55.8. The highest BCUT2D eigenvalue weighted by atomic mass is 14.8. The molecule has 0 aliphatic heterocycles. The van der Waals surface area contributed by atoms with Crippen LogP contribution in [-0.2, 0) is 11.8 Å². The van der Waals surface area contributed by atoms with Crippen LogP contribution < -0.4 is 0 Å². The van der Waals surface area contributed by atoms with Crippen molar-refractivity contribution in [3.63, 3.8) is 0 Å². The summed E-state index contributed by atoms with van der Waals surface area (Å²) in [5.41, 5.74) is 23.5. The number of rotatable bonds is 9. The highest BCUT2D eigenvalue weighted by Crippen LogP contribution is 2.42. The molecule has 7 aromatic rings. The fraction of sp³-hybridized carbons (Fsp3) is 0.155. The van der Waals surface area contributed by atoms with Gasteiger partial charge in [0.1, 0.15) is 0 Å². The van der Waals surface area contributed by atoms with Gasteiger partial charge in [-0.15, -0.1) is 0 Å². The summed E-state index contributed by atoms with van der Waals surface area (Å²) in [6.07, 6.45) is 5.22. The van der Waals surface area contributed by atoms with Crippen molar-refractivity contribution in [1.29, 1.82) is 0 Å². The monoisotopic (exact) mass is 765 g/mol. The Morgan fingerprint density at radius 3 is 1.92 bits per heavy atom. The van der Waals surface area contributed by atoms with Gasteiger partial charge in [0.25, 0.3) is 0 Å². The van der Waals surface area contributed by atoms with E-state index in [0.29, 0.717) is 0 Å². The standard InChI is InChI=1S/C32H27N.C26H28/c1-22-17-18-27-21-28-15-10-16-29(32(28)30(27)19-22)23(2)20-31(26-13-8-5-9-14-26)33-24(3)25-11-6-4-7-12-25;1-7-21-20(4)23(22-14-10-8-12-18(22)2)16-17-25(21)26(5,6)24-15-11-9-13-19(24)3/h4-20H,3,21H2,1-2H3;7-17H,1H2,2-6H3/b23-20+,33-31?;. The van der Waals surface area contributed by atoms with Gasteiger partial charge in [0.15, 0.2) is 0 Å².